The first kappa shape index (κ1) is 12.2. The van der Waals surface area contributed by atoms with Crippen LogP contribution < -0.4 is 5.32 Å². The molecule has 5 nitrogen and oxygen atoms in total. The van der Waals surface area contributed by atoms with Gasteiger partial charge >= 0.3 is 0 Å². The Morgan fingerprint density at radius 1 is 1.38 bits per heavy atom. The second kappa shape index (κ2) is 4.77. The lowest BCUT2D eigenvalue weighted by Gasteiger charge is -2.22. The van der Waals surface area contributed by atoms with Crippen LogP contribution >= 0.6 is 0 Å². The molecule has 2 aromatic heterocycles. The normalized spacial score (nSPS) is 17.6. The number of benzene rings is 1. The van der Waals surface area contributed by atoms with E-state index in [4.69, 9.17) is 0 Å². The molecule has 0 saturated carbocycles. The molecule has 5 heteroatoms. The van der Waals surface area contributed by atoms with E-state index in [1.54, 1.807) is 6.20 Å². The number of aryl methyl sites for hydroxylation is 1. The van der Waals surface area contributed by atoms with Crippen LogP contribution in [0, 0.1) is 5.92 Å². The van der Waals surface area contributed by atoms with Crippen LogP contribution in [0.25, 0.3) is 10.9 Å². The van der Waals surface area contributed by atoms with Gasteiger partial charge in [-0.05, 0) is 18.6 Å². The van der Waals surface area contributed by atoms with Gasteiger partial charge in [0.1, 0.15) is 5.82 Å². The summed E-state index contributed by atoms with van der Waals surface area (Å²) in [6.07, 6.45) is 7.23. The summed E-state index contributed by atoms with van der Waals surface area (Å²) in [5.74, 6) is 1.07. The van der Waals surface area contributed by atoms with Crippen molar-refractivity contribution in [2.45, 2.75) is 19.4 Å². The van der Waals surface area contributed by atoms with Gasteiger partial charge in [-0.3, -0.25) is 4.79 Å². The third-order valence-electron chi connectivity index (χ3n) is 4.17. The van der Waals surface area contributed by atoms with Crippen molar-refractivity contribution in [1.29, 1.82) is 0 Å². The van der Waals surface area contributed by atoms with Gasteiger partial charge in [-0.1, -0.05) is 12.1 Å². The molecule has 1 amide bonds. The molecule has 0 fully saturated rings. The molecule has 106 valence electrons. The number of para-hydroxylation sites is 1. The molecule has 0 saturated heterocycles. The number of imidazole rings is 1. The molecule has 1 aromatic carbocycles. The Morgan fingerprint density at radius 2 is 2.33 bits per heavy atom. The number of hydrogen-bond acceptors (Lipinski definition) is 2. The summed E-state index contributed by atoms with van der Waals surface area (Å²) in [4.78, 5) is 20.0. The average Bonchev–Trinajstić information content (AvgIpc) is 3.15. The Balaban J connectivity index is 1.55. The molecule has 0 spiro atoms. The van der Waals surface area contributed by atoms with Gasteiger partial charge in [0.2, 0.25) is 5.91 Å². The Kier molecular flexibility index (Phi) is 2.77. The largest absolute Gasteiger partial charge is 0.359 e. The lowest BCUT2D eigenvalue weighted by Crippen LogP contribution is -2.30. The first-order valence-corrected chi connectivity index (χ1v) is 7.18. The van der Waals surface area contributed by atoms with Gasteiger partial charge in [-0.15, -0.1) is 0 Å². The van der Waals surface area contributed by atoms with Crippen molar-refractivity contribution < 1.29 is 4.79 Å². The van der Waals surface area contributed by atoms with Gasteiger partial charge in [0, 0.05) is 42.9 Å². The van der Waals surface area contributed by atoms with Crippen LogP contribution in [0.1, 0.15) is 12.2 Å². The van der Waals surface area contributed by atoms with Gasteiger partial charge in [0.05, 0.1) is 11.2 Å². The molecule has 21 heavy (non-hydrogen) atoms. The Labute approximate surface area is 122 Å². The summed E-state index contributed by atoms with van der Waals surface area (Å²) < 4.78 is 2.12. The molecule has 0 aliphatic carbocycles. The Bertz CT molecular complexity index is 801. The van der Waals surface area contributed by atoms with Crippen molar-refractivity contribution in [1.82, 2.24) is 14.5 Å². The maximum absolute atomic E-state index is 12.5. The summed E-state index contributed by atoms with van der Waals surface area (Å²) in [6.45, 7) is 0.861. The average molecular weight is 280 g/mol. The molecule has 0 bridgehead atoms. The standard InChI is InChI=1S/C16H16N4O/c21-16(12-5-8-20-9-7-17-14(20)10-12)19-13-3-1-2-11-4-6-18-15(11)13/h1-4,6-7,9,12,18H,5,8,10H2,(H,19,21). The molecule has 3 aromatic rings. The van der Waals surface area contributed by atoms with Crippen LogP contribution in [0.4, 0.5) is 5.69 Å². The zero-order valence-corrected chi connectivity index (χ0v) is 11.5. The molecule has 1 unspecified atom stereocenters. The van der Waals surface area contributed by atoms with Gasteiger partial charge in [-0.2, -0.15) is 0 Å². The molecule has 4 rings (SSSR count). The number of hydrogen-bond donors (Lipinski definition) is 2. The van der Waals surface area contributed by atoms with E-state index in [1.165, 1.54) is 0 Å². The summed E-state index contributed by atoms with van der Waals surface area (Å²) in [5, 5.41) is 4.16. The van der Waals surface area contributed by atoms with Gasteiger partial charge in [-0.25, -0.2) is 4.98 Å². The van der Waals surface area contributed by atoms with Crippen molar-refractivity contribution >= 4 is 22.5 Å². The third kappa shape index (κ3) is 2.11. The lowest BCUT2D eigenvalue weighted by molar-refractivity contribution is -0.120. The third-order valence-corrected chi connectivity index (χ3v) is 4.17. The highest BCUT2D eigenvalue weighted by Crippen LogP contribution is 2.24. The van der Waals surface area contributed by atoms with E-state index in [-0.39, 0.29) is 11.8 Å². The van der Waals surface area contributed by atoms with Crippen molar-refractivity contribution in [3.63, 3.8) is 0 Å². The molecule has 2 N–H and O–H groups in total. The van der Waals surface area contributed by atoms with Gasteiger partial charge in [0.25, 0.3) is 0 Å². The minimum atomic E-state index is -0.00915. The molecule has 3 heterocycles. The molecular weight excluding hydrogens is 264 g/mol. The molecular formula is C16H16N4O. The Hall–Kier alpha value is -2.56. The van der Waals surface area contributed by atoms with Crippen molar-refractivity contribution in [3.05, 3.63) is 48.7 Å². The number of aromatic nitrogens is 3. The van der Waals surface area contributed by atoms with E-state index < -0.39 is 0 Å². The number of aromatic amines is 1. The number of carbonyl (C=O) groups excluding carboxylic acids is 1. The smallest absolute Gasteiger partial charge is 0.228 e. The SMILES string of the molecule is O=C(Nc1cccc2cc[nH]c12)C1CCn2ccnc2C1. The van der Waals surface area contributed by atoms with Crippen LogP contribution in [0.3, 0.4) is 0 Å². The molecule has 0 radical (unpaired) electrons. The second-order valence-electron chi connectivity index (χ2n) is 5.46. The van der Waals surface area contributed by atoms with Crippen LogP contribution in [-0.2, 0) is 17.8 Å². The van der Waals surface area contributed by atoms with Crippen LogP contribution in [0.5, 0.6) is 0 Å². The first-order valence-electron chi connectivity index (χ1n) is 7.18. The van der Waals surface area contributed by atoms with E-state index >= 15 is 0 Å². The molecule has 1 atom stereocenters. The minimum absolute atomic E-state index is 0.00915. The van der Waals surface area contributed by atoms with Crippen LogP contribution in [0.15, 0.2) is 42.9 Å². The fraction of sp³-hybridized carbons (Fsp3) is 0.250. The van der Waals surface area contributed by atoms with E-state index in [0.29, 0.717) is 6.42 Å². The summed E-state index contributed by atoms with van der Waals surface area (Å²) in [5.41, 5.74) is 1.82. The minimum Gasteiger partial charge on any atom is -0.359 e. The topological polar surface area (TPSA) is 62.7 Å². The Morgan fingerprint density at radius 3 is 3.29 bits per heavy atom. The summed E-state index contributed by atoms with van der Waals surface area (Å²) in [6, 6.07) is 7.92. The fourth-order valence-corrected chi connectivity index (χ4v) is 3.00. The van der Waals surface area contributed by atoms with Crippen molar-refractivity contribution in [3.8, 4) is 0 Å². The summed E-state index contributed by atoms with van der Waals surface area (Å²) >= 11 is 0. The number of H-pyrrole nitrogens is 1. The number of carbonyl (C=O) groups is 1. The highest BCUT2D eigenvalue weighted by atomic mass is 16.1. The number of fused-ring (bicyclic) bond motifs is 2. The predicted molar refractivity (Wildman–Crippen MR) is 81.0 cm³/mol. The highest BCUT2D eigenvalue weighted by molar-refractivity contribution is 6.01. The fourth-order valence-electron chi connectivity index (χ4n) is 3.00. The number of nitrogens with one attached hydrogen (secondary N) is 2. The summed E-state index contributed by atoms with van der Waals surface area (Å²) in [7, 11) is 0. The number of anilines is 1. The first-order chi connectivity index (χ1) is 10.3. The quantitative estimate of drug-likeness (QED) is 0.758. The van der Waals surface area contributed by atoms with E-state index in [9.17, 15) is 4.79 Å². The van der Waals surface area contributed by atoms with E-state index in [2.05, 4.69) is 19.9 Å². The predicted octanol–water partition coefficient (Wildman–Crippen LogP) is 2.57. The highest BCUT2D eigenvalue weighted by Gasteiger charge is 2.25. The number of amides is 1. The monoisotopic (exact) mass is 280 g/mol. The van der Waals surface area contributed by atoms with Gasteiger partial charge < -0.3 is 14.9 Å². The van der Waals surface area contributed by atoms with Crippen molar-refractivity contribution in [2.75, 3.05) is 5.32 Å². The zero-order chi connectivity index (χ0) is 14.2. The van der Waals surface area contributed by atoms with Gasteiger partial charge in [0.15, 0.2) is 0 Å². The second-order valence-corrected chi connectivity index (χ2v) is 5.46. The number of rotatable bonds is 2. The maximum Gasteiger partial charge on any atom is 0.228 e. The van der Waals surface area contributed by atoms with E-state index in [0.717, 1.165) is 35.4 Å². The van der Waals surface area contributed by atoms with E-state index in [1.807, 2.05) is 36.7 Å². The lowest BCUT2D eigenvalue weighted by atomic mass is 9.96. The van der Waals surface area contributed by atoms with Crippen LogP contribution in [-0.4, -0.2) is 20.4 Å². The van der Waals surface area contributed by atoms with Crippen molar-refractivity contribution in [2.24, 2.45) is 5.92 Å². The zero-order valence-electron chi connectivity index (χ0n) is 11.5. The maximum atomic E-state index is 12.5. The van der Waals surface area contributed by atoms with Crippen LogP contribution in [0.2, 0.25) is 0 Å². The molecule has 1 aliphatic heterocycles. The number of nitrogens with zero attached hydrogens (tertiary/aromatic N) is 2. The molecule has 1 aliphatic rings.